The Kier molecular flexibility index (Phi) is 2.87. The molecule has 0 fully saturated rings. The molecule has 3 aromatic heterocycles. The minimum absolute atomic E-state index is 0.171. The second-order valence-electron chi connectivity index (χ2n) is 4.79. The number of fused-ring (bicyclic) bond motifs is 3. The minimum Gasteiger partial charge on any atom is -0.388 e. The van der Waals surface area contributed by atoms with Crippen LogP contribution in [-0.2, 0) is 13.2 Å². The Balaban J connectivity index is 2.48. The molecule has 0 aromatic carbocycles. The average molecular weight is 269 g/mol. The van der Waals surface area contributed by atoms with Crippen LogP contribution in [0.4, 0.5) is 5.82 Å². The van der Waals surface area contributed by atoms with E-state index in [0.29, 0.717) is 29.2 Å². The maximum atomic E-state index is 9.50. The zero-order valence-corrected chi connectivity index (χ0v) is 11.2. The zero-order valence-electron chi connectivity index (χ0n) is 11.2. The van der Waals surface area contributed by atoms with Gasteiger partial charge in [-0.2, -0.15) is 0 Å². The summed E-state index contributed by atoms with van der Waals surface area (Å²) in [7, 11) is 0. The van der Waals surface area contributed by atoms with Gasteiger partial charge in [0.15, 0.2) is 5.82 Å². The molecule has 0 aliphatic heterocycles. The van der Waals surface area contributed by atoms with E-state index in [9.17, 15) is 5.11 Å². The van der Waals surface area contributed by atoms with Crippen LogP contribution in [-0.4, -0.2) is 24.6 Å². The number of aliphatic hydroxyl groups is 1. The third-order valence-corrected chi connectivity index (χ3v) is 3.11. The molecule has 6 heteroatoms. The topological polar surface area (TPSA) is 89.8 Å². The van der Waals surface area contributed by atoms with E-state index in [1.165, 1.54) is 0 Å². The van der Waals surface area contributed by atoms with Gasteiger partial charge in [0.1, 0.15) is 29.0 Å². The molecule has 0 atom stereocenters. The molecular formula is C14H15N5O. The Morgan fingerprint density at radius 1 is 1.40 bits per heavy atom. The van der Waals surface area contributed by atoms with Crippen LogP contribution in [0.5, 0.6) is 0 Å². The summed E-state index contributed by atoms with van der Waals surface area (Å²) in [5.41, 5.74) is 9.73. The van der Waals surface area contributed by atoms with Crippen molar-refractivity contribution in [2.45, 2.75) is 20.1 Å². The lowest BCUT2D eigenvalue weighted by atomic mass is 10.2. The summed E-state index contributed by atoms with van der Waals surface area (Å²) in [6.45, 7) is 6.23. The van der Waals surface area contributed by atoms with Crippen molar-refractivity contribution in [2.24, 2.45) is 0 Å². The van der Waals surface area contributed by atoms with Crippen LogP contribution in [0.15, 0.2) is 30.5 Å². The average Bonchev–Trinajstić information content (AvgIpc) is 2.78. The number of anilines is 1. The standard InChI is InChI=1S/C14H15N5O/c1-8(2)6-19-10(7-20)18-12-13(19)11-9(17-14(12)15)4-3-5-16-11/h3-5,20H,1,6-7H2,2H3,(H2,15,17). The number of rotatable bonds is 3. The fourth-order valence-electron chi connectivity index (χ4n) is 2.33. The minimum atomic E-state index is -0.171. The van der Waals surface area contributed by atoms with Crippen molar-refractivity contribution in [3.8, 4) is 0 Å². The second kappa shape index (κ2) is 4.57. The lowest BCUT2D eigenvalue weighted by Gasteiger charge is -2.08. The second-order valence-corrected chi connectivity index (χ2v) is 4.79. The number of nitrogen functional groups attached to an aromatic ring is 1. The molecule has 0 saturated heterocycles. The number of hydrogen-bond donors (Lipinski definition) is 2. The van der Waals surface area contributed by atoms with Gasteiger partial charge in [-0.25, -0.2) is 9.97 Å². The maximum absolute atomic E-state index is 9.50. The van der Waals surface area contributed by atoms with Gasteiger partial charge in [0, 0.05) is 12.7 Å². The normalized spacial score (nSPS) is 11.3. The molecule has 3 rings (SSSR count). The molecule has 3 aromatic rings. The molecule has 3 N–H and O–H groups in total. The lowest BCUT2D eigenvalue weighted by molar-refractivity contribution is 0.267. The molecule has 3 heterocycles. The van der Waals surface area contributed by atoms with Gasteiger partial charge >= 0.3 is 0 Å². The summed E-state index contributed by atoms with van der Waals surface area (Å²) in [6.07, 6.45) is 1.70. The Morgan fingerprint density at radius 2 is 2.20 bits per heavy atom. The van der Waals surface area contributed by atoms with Crippen LogP contribution >= 0.6 is 0 Å². The molecule has 0 amide bonds. The summed E-state index contributed by atoms with van der Waals surface area (Å²) in [4.78, 5) is 13.1. The molecule has 102 valence electrons. The van der Waals surface area contributed by atoms with Crippen LogP contribution in [0.1, 0.15) is 12.7 Å². The zero-order chi connectivity index (χ0) is 14.3. The smallest absolute Gasteiger partial charge is 0.152 e. The van der Waals surface area contributed by atoms with Gasteiger partial charge in [0.2, 0.25) is 0 Å². The van der Waals surface area contributed by atoms with Gasteiger partial charge in [-0.15, -0.1) is 0 Å². The lowest BCUT2D eigenvalue weighted by Crippen LogP contribution is -2.05. The number of imidazole rings is 1. The number of hydrogen-bond acceptors (Lipinski definition) is 5. The molecule has 0 spiro atoms. The van der Waals surface area contributed by atoms with Crippen molar-refractivity contribution in [3.63, 3.8) is 0 Å². The summed E-state index contributed by atoms with van der Waals surface area (Å²) < 4.78 is 1.89. The number of aromatic nitrogens is 4. The van der Waals surface area contributed by atoms with E-state index in [-0.39, 0.29) is 6.61 Å². The molecular weight excluding hydrogens is 254 g/mol. The molecule has 0 radical (unpaired) electrons. The van der Waals surface area contributed by atoms with E-state index >= 15 is 0 Å². The molecule has 0 saturated carbocycles. The quantitative estimate of drug-likeness (QED) is 0.705. The van der Waals surface area contributed by atoms with Crippen molar-refractivity contribution in [1.29, 1.82) is 0 Å². The highest BCUT2D eigenvalue weighted by molar-refractivity contribution is 6.04. The van der Waals surface area contributed by atoms with Crippen LogP contribution in [0.25, 0.3) is 22.1 Å². The van der Waals surface area contributed by atoms with Crippen molar-refractivity contribution >= 4 is 27.9 Å². The van der Waals surface area contributed by atoms with E-state index in [1.54, 1.807) is 6.20 Å². The third kappa shape index (κ3) is 1.81. The fourth-order valence-corrected chi connectivity index (χ4v) is 2.33. The first kappa shape index (κ1) is 12.6. The van der Waals surface area contributed by atoms with Crippen LogP contribution in [0.3, 0.4) is 0 Å². The van der Waals surface area contributed by atoms with E-state index in [4.69, 9.17) is 5.73 Å². The van der Waals surface area contributed by atoms with Gasteiger partial charge in [-0.3, -0.25) is 4.98 Å². The highest BCUT2D eigenvalue weighted by Gasteiger charge is 2.17. The van der Waals surface area contributed by atoms with Gasteiger partial charge in [0.25, 0.3) is 0 Å². The summed E-state index contributed by atoms with van der Waals surface area (Å²) in [6, 6.07) is 3.67. The SMILES string of the molecule is C=C(C)Cn1c(CO)nc2c(N)nc3cccnc3c21. The molecule has 0 aliphatic rings. The van der Waals surface area contributed by atoms with Crippen molar-refractivity contribution in [2.75, 3.05) is 5.73 Å². The Hall–Kier alpha value is -2.47. The predicted octanol–water partition coefficient (Wildman–Crippen LogP) is 1.63. The highest BCUT2D eigenvalue weighted by atomic mass is 16.3. The molecule has 0 bridgehead atoms. The van der Waals surface area contributed by atoms with Crippen LogP contribution in [0, 0.1) is 0 Å². The van der Waals surface area contributed by atoms with Gasteiger partial charge in [-0.05, 0) is 19.1 Å². The maximum Gasteiger partial charge on any atom is 0.152 e. The first-order valence-electron chi connectivity index (χ1n) is 6.26. The van der Waals surface area contributed by atoms with Gasteiger partial charge in [-0.1, -0.05) is 12.2 Å². The van der Waals surface area contributed by atoms with E-state index in [2.05, 4.69) is 21.5 Å². The van der Waals surface area contributed by atoms with E-state index in [0.717, 1.165) is 16.6 Å². The van der Waals surface area contributed by atoms with Crippen molar-refractivity contribution in [1.82, 2.24) is 19.5 Å². The van der Waals surface area contributed by atoms with Crippen molar-refractivity contribution in [3.05, 3.63) is 36.3 Å². The molecule has 20 heavy (non-hydrogen) atoms. The summed E-state index contributed by atoms with van der Waals surface area (Å²) in [5.74, 6) is 0.880. The Morgan fingerprint density at radius 3 is 2.90 bits per heavy atom. The number of allylic oxidation sites excluding steroid dienone is 1. The third-order valence-electron chi connectivity index (χ3n) is 3.11. The highest BCUT2D eigenvalue weighted by Crippen LogP contribution is 2.27. The van der Waals surface area contributed by atoms with E-state index < -0.39 is 0 Å². The monoisotopic (exact) mass is 269 g/mol. The summed E-state index contributed by atoms with van der Waals surface area (Å²) in [5, 5.41) is 9.50. The molecule has 0 unspecified atom stereocenters. The Bertz CT molecular complexity index is 821. The number of nitrogens with two attached hydrogens (primary N) is 1. The summed E-state index contributed by atoms with van der Waals surface area (Å²) >= 11 is 0. The van der Waals surface area contributed by atoms with Crippen LogP contribution < -0.4 is 5.73 Å². The van der Waals surface area contributed by atoms with Gasteiger partial charge in [0.05, 0.1) is 5.52 Å². The van der Waals surface area contributed by atoms with Crippen molar-refractivity contribution < 1.29 is 5.11 Å². The molecule has 0 aliphatic carbocycles. The Labute approximate surface area is 115 Å². The van der Waals surface area contributed by atoms with Gasteiger partial charge < -0.3 is 15.4 Å². The molecule has 6 nitrogen and oxygen atoms in total. The first-order valence-corrected chi connectivity index (χ1v) is 6.26. The number of aliphatic hydroxyl groups excluding tert-OH is 1. The van der Waals surface area contributed by atoms with Crippen LogP contribution in [0.2, 0.25) is 0 Å². The predicted molar refractivity (Wildman–Crippen MR) is 78.0 cm³/mol. The first-order chi connectivity index (χ1) is 9.61. The number of pyridine rings is 2. The fraction of sp³-hybridized carbons (Fsp3) is 0.214. The number of nitrogens with zero attached hydrogens (tertiary/aromatic N) is 4. The van der Waals surface area contributed by atoms with E-state index in [1.807, 2.05) is 23.6 Å². The largest absolute Gasteiger partial charge is 0.388 e.